The van der Waals surface area contributed by atoms with Crippen molar-refractivity contribution in [1.82, 2.24) is 0 Å². The van der Waals surface area contributed by atoms with Gasteiger partial charge in [-0.1, -0.05) is 48.0 Å². The summed E-state index contributed by atoms with van der Waals surface area (Å²) in [7, 11) is 0. The lowest BCUT2D eigenvalue weighted by Gasteiger charge is -2.21. The number of halogens is 1. The first-order chi connectivity index (χ1) is 15.1. The van der Waals surface area contributed by atoms with Crippen LogP contribution in [0.1, 0.15) is 36.9 Å². The number of nitrogens with one attached hydrogen (secondary N) is 2. The number of benzene rings is 2. The molecule has 32 heavy (non-hydrogen) atoms. The number of ether oxygens (including phenoxy) is 1. The summed E-state index contributed by atoms with van der Waals surface area (Å²) in [5.74, 6) is -0.889. The highest BCUT2D eigenvalue weighted by Gasteiger charge is 2.20. The number of Topliss-reactive ketones (excluding diaryl/α,β-unsaturated/α-hetero) is 1. The number of hydrogen-bond acceptors (Lipinski definition) is 5. The number of amides is 2. The highest BCUT2D eigenvalue weighted by molar-refractivity contribution is 7.12. The summed E-state index contributed by atoms with van der Waals surface area (Å²) in [6, 6.07) is 16.5. The summed E-state index contributed by atoms with van der Waals surface area (Å²) in [5.41, 5.74) is 1.81. The first kappa shape index (κ1) is 23.5. The van der Waals surface area contributed by atoms with Crippen LogP contribution in [0.5, 0.6) is 0 Å². The molecule has 8 heteroatoms. The number of carbonyl (C=O) groups is 3. The van der Waals surface area contributed by atoms with Crippen molar-refractivity contribution in [2.24, 2.45) is 0 Å². The predicted octanol–water partition coefficient (Wildman–Crippen LogP) is 6.63. The Kier molecular flexibility index (Phi) is 7.33. The van der Waals surface area contributed by atoms with E-state index in [1.807, 2.05) is 36.4 Å². The van der Waals surface area contributed by atoms with Crippen LogP contribution in [0.15, 0.2) is 60.0 Å². The molecule has 0 atom stereocenters. The second-order valence-electron chi connectivity index (χ2n) is 8.00. The fourth-order valence-corrected chi connectivity index (χ4v) is 3.99. The zero-order valence-corrected chi connectivity index (χ0v) is 19.5. The summed E-state index contributed by atoms with van der Waals surface area (Å²) in [4.78, 5) is 37.7. The van der Waals surface area contributed by atoms with Crippen LogP contribution in [0.2, 0.25) is 5.02 Å². The predicted molar refractivity (Wildman–Crippen MR) is 129 cm³/mol. The molecular formula is C24H23ClN2O4S. The van der Waals surface area contributed by atoms with Crippen LogP contribution in [0, 0.1) is 0 Å². The second-order valence-corrected chi connectivity index (χ2v) is 9.32. The maximum atomic E-state index is 12.6. The number of carbonyl (C=O) groups excluding carboxylic acids is 3. The lowest BCUT2D eigenvalue weighted by Crippen LogP contribution is -2.27. The van der Waals surface area contributed by atoms with Crippen LogP contribution in [-0.2, 0) is 9.53 Å². The van der Waals surface area contributed by atoms with Gasteiger partial charge in [-0.2, -0.15) is 0 Å². The van der Waals surface area contributed by atoms with Gasteiger partial charge in [0.2, 0.25) is 5.91 Å². The Morgan fingerprint density at radius 3 is 2.28 bits per heavy atom. The third-order valence-electron chi connectivity index (χ3n) is 4.23. The molecule has 3 aromatic rings. The summed E-state index contributed by atoms with van der Waals surface area (Å²) in [6.45, 7) is 5.28. The highest BCUT2D eigenvalue weighted by atomic mass is 35.5. The smallest absolute Gasteiger partial charge is 0.412 e. The van der Waals surface area contributed by atoms with E-state index in [-0.39, 0.29) is 12.2 Å². The maximum absolute atomic E-state index is 12.6. The Balaban J connectivity index is 1.84. The zero-order valence-electron chi connectivity index (χ0n) is 17.9. The largest absolute Gasteiger partial charge is 0.444 e. The zero-order chi connectivity index (χ0) is 23.3. The lowest BCUT2D eigenvalue weighted by molar-refractivity contribution is -0.115. The van der Waals surface area contributed by atoms with Crippen LogP contribution in [-0.4, -0.2) is 23.4 Å². The molecule has 0 saturated heterocycles. The normalized spacial score (nSPS) is 11.0. The monoisotopic (exact) mass is 470 g/mol. The van der Waals surface area contributed by atoms with Crippen molar-refractivity contribution in [3.8, 4) is 11.1 Å². The molecule has 2 aromatic carbocycles. The highest BCUT2D eigenvalue weighted by Crippen LogP contribution is 2.30. The van der Waals surface area contributed by atoms with E-state index >= 15 is 0 Å². The quantitative estimate of drug-likeness (QED) is 0.313. The van der Waals surface area contributed by atoms with Gasteiger partial charge in [0, 0.05) is 0 Å². The van der Waals surface area contributed by atoms with Crippen molar-refractivity contribution in [2.45, 2.75) is 32.8 Å². The molecule has 0 spiro atoms. The van der Waals surface area contributed by atoms with E-state index in [9.17, 15) is 14.4 Å². The molecule has 2 N–H and O–H groups in total. The summed E-state index contributed by atoms with van der Waals surface area (Å²) in [5, 5.41) is 7.41. The first-order valence-corrected chi connectivity index (χ1v) is 11.1. The van der Waals surface area contributed by atoms with Crippen molar-refractivity contribution < 1.29 is 19.1 Å². The van der Waals surface area contributed by atoms with Crippen molar-refractivity contribution in [2.75, 3.05) is 10.6 Å². The van der Waals surface area contributed by atoms with Gasteiger partial charge in [-0.25, -0.2) is 4.79 Å². The van der Waals surface area contributed by atoms with Gasteiger partial charge in [0.25, 0.3) is 0 Å². The van der Waals surface area contributed by atoms with Gasteiger partial charge >= 0.3 is 6.09 Å². The van der Waals surface area contributed by atoms with Crippen LogP contribution >= 0.6 is 22.9 Å². The van der Waals surface area contributed by atoms with E-state index in [0.717, 1.165) is 11.1 Å². The Labute approximate surface area is 195 Å². The van der Waals surface area contributed by atoms with Gasteiger partial charge in [0.1, 0.15) is 5.60 Å². The summed E-state index contributed by atoms with van der Waals surface area (Å²) >= 11 is 7.19. The summed E-state index contributed by atoms with van der Waals surface area (Å²) < 4.78 is 5.31. The van der Waals surface area contributed by atoms with Crippen molar-refractivity contribution in [3.63, 3.8) is 0 Å². The fourth-order valence-electron chi connectivity index (χ4n) is 2.89. The standard InChI is InChI=1S/C24H23ClN2O4S/c1-24(2,3)31-23(30)27-18-10-9-16(15-7-5-4-6-8-15)13-19(18)26-21(29)14-20(28)22-17(25)11-12-32-22/h4-13H,14H2,1-3H3,(H,26,29)(H,27,30). The van der Waals surface area contributed by atoms with E-state index in [1.54, 1.807) is 44.4 Å². The number of hydrogen-bond donors (Lipinski definition) is 2. The van der Waals surface area contributed by atoms with Crippen LogP contribution < -0.4 is 10.6 Å². The minimum Gasteiger partial charge on any atom is -0.444 e. The van der Waals surface area contributed by atoms with Crippen LogP contribution in [0.3, 0.4) is 0 Å². The Hall–Kier alpha value is -3.16. The van der Waals surface area contributed by atoms with Gasteiger partial charge in [0.15, 0.2) is 5.78 Å². The molecule has 3 rings (SSSR count). The molecule has 1 aromatic heterocycles. The molecular weight excluding hydrogens is 448 g/mol. The van der Waals surface area contributed by atoms with Crippen LogP contribution in [0.4, 0.5) is 16.2 Å². The topological polar surface area (TPSA) is 84.5 Å². The number of thiophene rings is 1. The third kappa shape index (κ3) is 6.42. The summed E-state index contributed by atoms with van der Waals surface area (Å²) in [6.07, 6.45) is -1.02. The molecule has 1 heterocycles. The van der Waals surface area contributed by atoms with Crippen LogP contribution in [0.25, 0.3) is 11.1 Å². The Morgan fingerprint density at radius 1 is 0.938 bits per heavy atom. The number of ketones is 1. The Bertz CT molecular complexity index is 1140. The van der Waals surface area contributed by atoms with Gasteiger partial charge in [-0.15, -0.1) is 11.3 Å². The van der Waals surface area contributed by atoms with E-state index in [1.165, 1.54) is 11.3 Å². The maximum Gasteiger partial charge on any atom is 0.412 e. The minimum absolute atomic E-state index is 0.325. The SMILES string of the molecule is CC(C)(C)OC(=O)Nc1ccc(-c2ccccc2)cc1NC(=O)CC(=O)c1sccc1Cl. The Morgan fingerprint density at radius 2 is 1.66 bits per heavy atom. The average Bonchev–Trinajstić information content (AvgIpc) is 3.14. The molecule has 0 unspecified atom stereocenters. The molecule has 6 nitrogen and oxygen atoms in total. The van der Waals surface area contributed by atoms with Crippen molar-refractivity contribution in [1.29, 1.82) is 0 Å². The molecule has 2 amide bonds. The molecule has 0 saturated carbocycles. The third-order valence-corrected chi connectivity index (χ3v) is 5.61. The molecule has 166 valence electrons. The molecule has 0 radical (unpaired) electrons. The average molecular weight is 471 g/mol. The van der Waals surface area contributed by atoms with Gasteiger partial charge in [-0.3, -0.25) is 14.9 Å². The van der Waals surface area contributed by atoms with E-state index in [2.05, 4.69) is 10.6 Å². The molecule has 0 fully saturated rings. The van der Waals surface area contributed by atoms with Gasteiger partial charge < -0.3 is 10.1 Å². The molecule has 0 aliphatic carbocycles. The van der Waals surface area contributed by atoms with E-state index < -0.39 is 17.6 Å². The molecule has 0 aliphatic heterocycles. The molecule has 0 bridgehead atoms. The number of anilines is 2. The minimum atomic E-state index is -0.677. The van der Waals surface area contributed by atoms with Gasteiger partial charge in [0.05, 0.1) is 27.7 Å². The van der Waals surface area contributed by atoms with Gasteiger partial charge in [-0.05, 0) is 55.5 Å². The van der Waals surface area contributed by atoms with E-state index in [0.29, 0.717) is 21.3 Å². The number of rotatable bonds is 6. The van der Waals surface area contributed by atoms with E-state index in [4.69, 9.17) is 16.3 Å². The first-order valence-electron chi connectivity index (χ1n) is 9.88. The molecule has 0 aliphatic rings. The lowest BCUT2D eigenvalue weighted by atomic mass is 10.0. The van der Waals surface area contributed by atoms with Crippen molar-refractivity contribution in [3.05, 3.63) is 69.9 Å². The second kappa shape index (κ2) is 9.97. The fraction of sp³-hybridized carbons (Fsp3) is 0.208. The van der Waals surface area contributed by atoms with Crippen molar-refractivity contribution >= 4 is 52.1 Å².